The highest BCUT2D eigenvalue weighted by molar-refractivity contribution is 7.71. The Hall–Kier alpha value is -2.45. The van der Waals surface area contributed by atoms with Gasteiger partial charge in [-0.1, -0.05) is 13.8 Å². The number of nitrogens with zero attached hydrogens (tertiary/aromatic N) is 3. The van der Waals surface area contributed by atoms with Crippen LogP contribution in [-0.4, -0.2) is 59.1 Å². The van der Waals surface area contributed by atoms with Crippen molar-refractivity contribution in [3.63, 3.8) is 0 Å². The molecule has 2 N–H and O–H groups in total. The van der Waals surface area contributed by atoms with Crippen LogP contribution in [0.15, 0.2) is 34.1 Å². The number of benzene rings is 1. The van der Waals surface area contributed by atoms with Gasteiger partial charge < -0.3 is 14.7 Å². The van der Waals surface area contributed by atoms with Crippen LogP contribution in [0.2, 0.25) is 0 Å². The van der Waals surface area contributed by atoms with Gasteiger partial charge in [0, 0.05) is 12.8 Å². The Morgan fingerprint density at radius 1 is 1.30 bits per heavy atom. The zero-order chi connectivity index (χ0) is 19.8. The van der Waals surface area contributed by atoms with Crippen LogP contribution in [0.4, 0.5) is 0 Å². The van der Waals surface area contributed by atoms with Gasteiger partial charge in [0.1, 0.15) is 11.3 Å². The van der Waals surface area contributed by atoms with E-state index in [1.54, 1.807) is 31.4 Å². The van der Waals surface area contributed by atoms with Crippen LogP contribution in [0.5, 0.6) is 11.6 Å². The van der Waals surface area contributed by atoms with Crippen LogP contribution in [-0.2, 0) is 0 Å². The smallest absolute Gasteiger partial charge is 0.264 e. The molecule has 0 spiro atoms. The second-order valence-electron chi connectivity index (χ2n) is 5.95. The van der Waals surface area contributed by atoms with Gasteiger partial charge >= 0.3 is 0 Å². The fraction of sp³-hybridized carbons (Fsp3) is 0.421. The molecule has 1 aromatic carbocycles. The minimum absolute atomic E-state index is 0.0854. The number of aromatic hydroxyl groups is 1. The number of ether oxygens (including phenoxy) is 1. The van der Waals surface area contributed by atoms with Gasteiger partial charge in [-0.2, -0.15) is 0 Å². The van der Waals surface area contributed by atoms with E-state index < -0.39 is 5.56 Å². The van der Waals surface area contributed by atoms with Crippen molar-refractivity contribution in [3.05, 3.63) is 45.0 Å². The first-order chi connectivity index (χ1) is 13.0. The van der Waals surface area contributed by atoms with Crippen LogP contribution in [0.3, 0.4) is 0 Å². The third-order valence-electron chi connectivity index (χ3n) is 4.33. The summed E-state index contributed by atoms with van der Waals surface area (Å²) in [6.45, 7) is 7.78. The Morgan fingerprint density at radius 3 is 2.56 bits per heavy atom. The minimum atomic E-state index is -0.463. The molecule has 0 aliphatic carbocycles. The molecule has 0 unspecified atom stereocenters. The summed E-state index contributed by atoms with van der Waals surface area (Å²) in [5, 5.41) is 10.6. The highest BCUT2D eigenvalue weighted by Crippen LogP contribution is 2.21. The molecule has 1 heterocycles. The summed E-state index contributed by atoms with van der Waals surface area (Å²) in [6, 6.07) is 7.00. The Balaban J connectivity index is 2.23. The van der Waals surface area contributed by atoms with Crippen molar-refractivity contribution in [1.82, 2.24) is 14.5 Å². The van der Waals surface area contributed by atoms with Crippen LogP contribution < -0.4 is 10.3 Å². The maximum Gasteiger partial charge on any atom is 0.264 e. The molecule has 0 saturated heterocycles. The summed E-state index contributed by atoms with van der Waals surface area (Å²) in [5.41, 5.74) is 0.239. The molecule has 0 saturated carbocycles. The number of nitrogens with one attached hydrogen (secondary N) is 1. The van der Waals surface area contributed by atoms with Crippen LogP contribution in [0.1, 0.15) is 25.8 Å². The Morgan fingerprint density at radius 2 is 1.96 bits per heavy atom. The predicted molar refractivity (Wildman–Crippen MR) is 110 cm³/mol. The summed E-state index contributed by atoms with van der Waals surface area (Å²) in [5.74, 6) is 0.450. The number of rotatable bonds is 9. The van der Waals surface area contributed by atoms with Crippen molar-refractivity contribution in [2.45, 2.75) is 20.3 Å². The van der Waals surface area contributed by atoms with E-state index in [1.807, 2.05) is 0 Å². The SMILES string of the molecule is CCN(CC)CCCN=Cc1c(O)n(-c2ccc(OC)cc2)c(=S)[nH]c1=O. The molecule has 2 aromatic rings. The lowest BCUT2D eigenvalue weighted by molar-refractivity contribution is 0.302. The lowest BCUT2D eigenvalue weighted by Gasteiger charge is -2.16. The standard InChI is InChI=1S/C19H26N4O3S/c1-4-22(5-2)12-6-11-20-13-16-17(24)21-19(27)23(18(16)25)14-7-9-15(26-3)10-8-14/h7-10,13,25H,4-6,11-12H2,1-3H3,(H,21,24,27). The molecule has 0 amide bonds. The van der Waals surface area contributed by atoms with E-state index in [2.05, 4.69) is 28.7 Å². The summed E-state index contributed by atoms with van der Waals surface area (Å²) >= 11 is 5.21. The zero-order valence-electron chi connectivity index (χ0n) is 15.9. The van der Waals surface area contributed by atoms with E-state index in [-0.39, 0.29) is 16.2 Å². The lowest BCUT2D eigenvalue weighted by Crippen LogP contribution is -2.24. The first-order valence-corrected chi connectivity index (χ1v) is 9.37. The number of aliphatic imine (C=N–C) groups is 1. The second kappa shape index (κ2) is 10.0. The van der Waals surface area contributed by atoms with Crippen molar-refractivity contribution >= 4 is 18.4 Å². The molecule has 8 heteroatoms. The molecule has 0 fully saturated rings. The van der Waals surface area contributed by atoms with Crippen LogP contribution in [0.25, 0.3) is 5.69 Å². The van der Waals surface area contributed by atoms with E-state index >= 15 is 0 Å². The van der Waals surface area contributed by atoms with Gasteiger partial charge in [0.05, 0.1) is 12.8 Å². The molecular weight excluding hydrogens is 364 g/mol. The van der Waals surface area contributed by atoms with Crippen molar-refractivity contribution in [2.24, 2.45) is 4.99 Å². The number of H-pyrrole nitrogens is 1. The fourth-order valence-electron chi connectivity index (χ4n) is 2.71. The molecule has 0 bridgehead atoms. The minimum Gasteiger partial charge on any atom is -0.497 e. The van der Waals surface area contributed by atoms with Gasteiger partial charge in [-0.25, -0.2) is 0 Å². The average molecular weight is 391 g/mol. The Labute approximate surface area is 164 Å². The topological polar surface area (TPSA) is 82.8 Å². The average Bonchev–Trinajstić information content (AvgIpc) is 2.67. The predicted octanol–water partition coefficient (Wildman–Crippen LogP) is 2.76. The van der Waals surface area contributed by atoms with E-state index in [9.17, 15) is 9.90 Å². The Kier molecular flexibility index (Phi) is 7.75. The molecule has 1 aromatic heterocycles. The third kappa shape index (κ3) is 5.27. The van der Waals surface area contributed by atoms with Gasteiger partial charge in [0.25, 0.3) is 5.56 Å². The summed E-state index contributed by atoms with van der Waals surface area (Å²) < 4.78 is 6.65. The molecule has 27 heavy (non-hydrogen) atoms. The lowest BCUT2D eigenvalue weighted by atomic mass is 10.2. The van der Waals surface area contributed by atoms with Gasteiger partial charge in [-0.05, 0) is 62.5 Å². The number of methoxy groups -OCH3 is 1. The molecule has 146 valence electrons. The normalized spacial score (nSPS) is 11.4. The van der Waals surface area contributed by atoms with Gasteiger partial charge in [0.15, 0.2) is 4.77 Å². The third-order valence-corrected chi connectivity index (χ3v) is 4.61. The number of hydrogen-bond acceptors (Lipinski definition) is 6. The quantitative estimate of drug-likeness (QED) is 0.391. The fourth-order valence-corrected chi connectivity index (χ4v) is 2.99. The number of hydrogen-bond donors (Lipinski definition) is 2. The monoisotopic (exact) mass is 390 g/mol. The molecule has 0 radical (unpaired) electrons. The van der Waals surface area contributed by atoms with Crippen LogP contribution in [0, 0.1) is 4.77 Å². The largest absolute Gasteiger partial charge is 0.497 e. The van der Waals surface area contributed by atoms with E-state index in [0.717, 1.165) is 26.1 Å². The second-order valence-corrected chi connectivity index (χ2v) is 6.33. The van der Waals surface area contributed by atoms with Gasteiger partial charge in [-0.3, -0.25) is 19.3 Å². The maximum absolute atomic E-state index is 12.2. The van der Waals surface area contributed by atoms with E-state index in [4.69, 9.17) is 17.0 Å². The molecule has 0 atom stereocenters. The molecule has 0 aliphatic rings. The van der Waals surface area contributed by atoms with E-state index in [0.29, 0.717) is 18.0 Å². The summed E-state index contributed by atoms with van der Waals surface area (Å²) in [7, 11) is 1.58. The van der Waals surface area contributed by atoms with Crippen molar-refractivity contribution in [2.75, 3.05) is 33.3 Å². The molecule has 0 aliphatic heterocycles. The highest BCUT2D eigenvalue weighted by atomic mass is 32.1. The molecule has 7 nitrogen and oxygen atoms in total. The van der Waals surface area contributed by atoms with Crippen molar-refractivity contribution < 1.29 is 9.84 Å². The zero-order valence-corrected chi connectivity index (χ0v) is 16.8. The van der Waals surface area contributed by atoms with Crippen LogP contribution >= 0.6 is 12.2 Å². The van der Waals surface area contributed by atoms with Gasteiger partial charge in [-0.15, -0.1) is 0 Å². The summed E-state index contributed by atoms with van der Waals surface area (Å²) in [4.78, 5) is 21.4. The highest BCUT2D eigenvalue weighted by Gasteiger charge is 2.12. The van der Waals surface area contributed by atoms with Crippen molar-refractivity contribution in [3.8, 4) is 17.3 Å². The van der Waals surface area contributed by atoms with Crippen molar-refractivity contribution in [1.29, 1.82) is 0 Å². The summed E-state index contributed by atoms with van der Waals surface area (Å²) in [6.07, 6.45) is 2.29. The number of aromatic amines is 1. The first-order valence-electron chi connectivity index (χ1n) is 8.96. The van der Waals surface area contributed by atoms with Gasteiger partial charge in [0.2, 0.25) is 5.88 Å². The first kappa shape index (κ1) is 20.9. The Bertz CT molecular complexity index is 883. The van der Waals surface area contributed by atoms with E-state index in [1.165, 1.54) is 10.8 Å². The molecule has 2 rings (SSSR count). The molecular formula is C19H26N4O3S. The number of aromatic nitrogens is 2. The maximum atomic E-state index is 12.2.